The van der Waals surface area contributed by atoms with Gasteiger partial charge < -0.3 is 5.11 Å². The van der Waals surface area contributed by atoms with Crippen LogP contribution in [-0.4, -0.2) is 19.2 Å². The van der Waals surface area contributed by atoms with Gasteiger partial charge in [0.2, 0.25) is 0 Å². The van der Waals surface area contributed by atoms with Crippen LogP contribution in [0.15, 0.2) is 12.1 Å². The van der Waals surface area contributed by atoms with Crippen molar-refractivity contribution in [2.45, 2.75) is 6.92 Å². The summed E-state index contributed by atoms with van der Waals surface area (Å²) in [5.41, 5.74) is 1.34. The fraction of sp³-hybridized carbons (Fsp3) is 0.125. The van der Waals surface area contributed by atoms with Crippen LogP contribution in [0.3, 0.4) is 0 Å². The van der Waals surface area contributed by atoms with E-state index in [1.54, 1.807) is 13.0 Å². The van der Waals surface area contributed by atoms with E-state index in [4.69, 9.17) is 7.85 Å². The molecule has 3 heteroatoms. The molecule has 0 saturated carbocycles. The summed E-state index contributed by atoms with van der Waals surface area (Å²) in [5.74, 6) is 0.00852. The molecule has 0 spiro atoms. The minimum atomic E-state index is 0.00852. The standard InChI is InChI=1S/C8H7BO2/c1-5-2-7(9)3-6(4-10)8(5)11/h2-4,11H,1H3. The van der Waals surface area contributed by atoms with Gasteiger partial charge in [-0.15, -0.1) is 0 Å². The van der Waals surface area contributed by atoms with Gasteiger partial charge in [-0.1, -0.05) is 17.6 Å². The first-order chi connectivity index (χ1) is 5.15. The molecule has 0 bridgehead atoms. The highest BCUT2D eigenvalue weighted by Gasteiger charge is 2.02. The number of carbonyl (C=O) groups is 1. The molecule has 11 heavy (non-hydrogen) atoms. The summed E-state index contributed by atoms with van der Waals surface area (Å²) in [6.07, 6.45) is 0.582. The molecule has 2 nitrogen and oxygen atoms in total. The molecule has 0 saturated heterocycles. The Morgan fingerprint density at radius 3 is 2.73 bits per heavy atom. The van der Waals surface area contributed by atoms with E-state index in [9.17, 15) is 9.90 Å². The highest BCUT2D eigenvalue weighted by atomic mass is 16.3. The van der Waals surface area contributed by atoms with E-state index in [1.165, 1.54) is 6.07 Å². The van der Waals surface area contributed by atoms with Gasteiger partial charge in [-0.05, 0) is 12.5 Å². The minimum Gasteiger partial charge on any atom is -0.507 e. The molecule has 0 aliphatic rings. The fourth-order valence-electron chi connectivity index (χ4n) is 0.925. The van der Waals surface area contributed by atoms with E-state index in [0.29, 0.717) is 17.3 Å². The van der Waals surface area contributed by atoms with Gasteiger partial charge in [0.25, 0.3) is 0 Å². The first-order valence-electron chi connectivity index (χ1n) is 3.19. The maximum absolute atomic E-state index is 10.3. The molecular weight excluding hydrogens is 139 g/mol. The third kappa shape index (κ3) is 1.42. The predicted octanol–water partition coefficient (Wildman–Crippen LogP) is 0.307. The molecule has 1 N–H and O–H groups in total. The van der Waals surface area contributed by atoms with Crippen molar-refractivity contribution in [3.63, 3.8) is 0 Å². The second-order valence-corrected chi connectivity index (χ2v) is 2.39. The highest BCUT2D eigenvalue weighted by Crippen LogP contribution is 2.17. The zero-order chi connectivity index (χ0) is 8.43. The summed E-state index contributed by atoms with van der Waals surface area (Å²) in [6.45, 7) is 1.69. The summed E-state index contributed by atoms with van der Waals surface area (Å²) in [6, 6.07) is 3.05. The van der Waals surface area contributed by atoms with E-state index < -0.39 is 0 Å². The van der Waals surface area contributed by atoms with Gasteiger partial charge in [-0.3, -0.25) is 4.79 Å². The van der Waals surface area contributed by atoms with Crippen LogP contribution in [0, 0.1) is 6.92 Å². The van der Waals surface area contributed by atoms with Gasteiger partial charge in [0, 0.05) is 0 Å². The third-order valence-corrected chi connectivity index (χ3v) is 1.48. The first-order valence-corrected chi connectivity index (χ1v) is 3.19. The molecule has 0 aliphatic carbocycles. The predicted molar refractivity (Wildman–Crippen MR) is 43.6 cm³/mol. The highest BCUT2D eigenvalue weighted by molar-refractivity contribution is 6.32. The molecule has 1 aromatic carbocycles. The second kappa shape index (κ2) is 2.78. The fourth-order valence-corrected chi connectivity index (χ4v) is 0.925. The van der Waals surface area contributed by atoms with Crippen molar-refractivity contribution in [3.05, 3.63) is 23.3 Å². The van der Waals surface area contributed by atoms with Crippen LogP contribution >= 0.6 is 0 Å². The Bertz CT molecular complexity index is 294. The number of aromatic hydroxyl groups is 1. The van der Waals surface area contributed by atoms with Crippen molar-refractivity contribution < 1.29 is 9.90 Å². The number of phenols is 1. The lowest BCUT2D eigenvalue weighted by Crippen LogP contribution is -2.04. The maximum atomic E-state index is 10.3. The molecule has 0 fully saturated rings. The van der Waals surface area contributed by atoms with Crippen LogP contribution < -0.4 is 5.46 Å². The van der Waals surface area contributed by atoms with Crippen molar-refractivity contribution in [3.8, 4) is 5.75 Å². The molecular formula is C8H7BO2. The van der Waals surface area contributed by atoms with Crippen molar-refractivity contribution >= 4 is 19.6 Å². The van der Waals surface area contributed by atoms with Crippen molar-refractivity contribution in [2.75, 3.05) is 0 Å². The van der Waals surface area contributed by atoms with Crippen LogP contribution in [0.2, 0.25) is 0 Å². The van der Waals surface area contributed by atoms with Crippen LogP contribution in [-0.2, 0) is 0 Å². The number of hydrogen-bond donors (Lipinski definition) is 1. The lowest BCUT2D eigenvalue weighted by molar-refractivity contribution is 0.112. The summed E-state index contributed by atoms with van der Waals surface area (Å²) < 4.78 is 0. The number of aldehydes is 1. The zero-order valence-electron chi connectivity index (χ0n) is 6.16. The summed E-state index contributed by atoms with van der Waals surface area (Å²) in [7, 11) is 5.43. The normalized spacial score (nSPS) is 9.55. The number of aryl methyl sites for hydroxylation is 1. The number of hydrogen-bond acceptors (Lipinski definition) is 2. The lowest BCUT2D eigenvalue weighted by atomic mass is 9.92. The molecule has 0 aromatic heterocycles. The van der Waals surface area contributed by atoms with Crippen LogP contribution in [0.25, 0.3) is 0 Å². The third-order valence-electron chi connectivity index (χ3n) is 1.48. The summed E-state index contributed by atoms with van der Waals surface area (Å²) in [4.78, 5) is 10.3. The lowest BCUT2D eigenvalue weighted by Gasteiger charge is -2.02. The average Bonchev–Trinajstić information content (AvgIpc) is 1.96. The largest absolute Gasteiger partial charge is 0.507 e. The summed E-state index contributed by atoms with van der Waals surface area (Å²) >= 11 is 0. The van der Waals surface area contributed by atoms with Crippen LogP contribution in [0.4, 0.5) is 0 Å². The van der Waals surface area contributed by atoms with Crippen molar-refractivity contribution in [2.24, 2.45) is 0 Å². The van der Waals surface area contributed by atoms with E-state index in [2.05, 4.69) is 0 Å². The van der Waals surface area contributed by atoms with Gasteiger partial charge in [-0.25, -0.2) is 0 Å². The van der Waals surface area contributed by atoms with E-state index in [-0.39, 0.29) is 11.3 Å². The molecule has 1 rings (SSSR count). The monoisotopic (exact) mass is 146 g/mol. The zero-order valence-corrected chi connectivity index (χ0v) is 6.16. The van der Waals surface area contributed by atoms with Gasteiger partial charge in [0.1, 0.15) is 13.6 Å². The Kier molecular flexibility index (Phi) is 1.99. The Balaban J connectivity index is 3.35. The summed E-state index contributed by atoms with van der Waals surface area (Å²) in [5, 5.41) is 9.24. The Labute approximate surface area is 66.3 Å². The quantitative estimate of drug-likeness (QED) is 0.457. The van der Waals surface area contributed by atoms with Gasteiger partial charge >= 0.3 is 0 Å². The van der Waals surface area contributed by atoms with Crippen LogP contribution in [0.5, 0.6) is 5.75 Å². The molecule has 0 heterocycles. The Morgan fingerprint density at radius 2 is 2.18 bits per heavy atom. The molecule has 0 aliphatic heterocycles. The van der Waals surface area contributed by atoms with Crippen molar-refractivity contribution in [1.82, 2.24) is 0 Å². The van der Waals surface area contributed by atoms with E-state index >= 15 is 0 Å². The second-order valence-electron chi connectivity index (χ2n) is 2.39. The van der Waals surface area contributed by atoms with Gasteiger partial charge in [0.15, 0.2) is 6.29 Å². The molecule has 0 unspecified atom stereocenters. The van der Waals surface area contributed by atoms with E-state index in [1.807, 2.05) is 0 Å². The number of phenolic OH excluding ortho intramolecular Hbond substituents is 1. The molecule has 54 valence electrons. The van der Waals surface area contributed by atoms with Gasteiger partial charge in [-0.2, -0.15) is 0 Å². The topological polar surface area (TPSA) is 37.3 Å². The average molecular weight is 146 g/mol. The Morgan fingerprint density at radius 1 is 1.55 bits per heavy atom. The molecule has 0 atom stereocenters. The molecule has 1 aromatic rings. The smallest absolute Gasteiger partial charge is 0.153 e. The van der Waals surface area contributed by atoms with E-state index in [0.717, 1.165) is 0 Å². The molecule has 0 amide bonds. The number of carbonyl (C=O) groups excluding carboxylic acids is 1. The first kappa shape index (κ1) is 7.86. The number of rotatable bonds is 1. The van der Waals surface area contributed by atoms with Gasteiger partial charge in [0.05, 0.1) is 5.56 Å². The Hall–Kier alpha value is -1.25. The molecule has 2 radical (unpaired) electrons. The SMILES string of the molecule is [B]c1cc(C)c(O)c(C=O)c1. The maximum Gasteiger partial charge on any atom is 0.153 e. The van der Waals surface area contributed by atoms with Crippen LogP contribution in [0.1, 0.15) is 15.9 Å². The number of benzene rings is 1. The van der Waals surface area contributed by atoms with Crippen molar-refractivity contribution in [1.29, 1.82) is 0 Å². The minimum absolute atomic E-state index is 0.00852.